The smallest absolute Gasteiger partial charge is 0.237 e. The molecule has 2 rings (SSSR count). The topological polar surface area (TPSA) is 63.2 Å². The van der Waals surface area contributed by atoms with Gasteiger partial charge in [-0.15, -0.1) is 11.3 Å². The lowest BCUT2D eigenvalue weighted by molar-refractivity contribution is -0.123. The molecular formula is C10H15N3O2S. The molecule has 2 atom stereocenters. The number of hydrogen-bond acceptors (Lipinski definition) is 5. The van der Waals surface area contributed by atoms with Gasteiger partial charge < -0.3 is 15.4 Å². The van der Waals surface area contributed by atoms with Gasteiger partial charge in [0.1, 0.15) is 0 Å². The van der Waals surface area contributed by atoms with E-state index in [0.717, 1.165) is 18.7 Å². The van der Waals surface area contributed by atoms with E-state index in [1.54, 1.807) is 12.6 Å². The minimum absolute atomic E-state index is 0.0209. The van der Waals surface area contributed by atoms with Crippen LogP contribution in [0.25, 0.3) is 0 Å². The van der Waals surface area contributed by atoms with Crippen molar-refractivity contribution in [1.82, 2.24) is 15.6 Å². The summed E-state index contributed by atoms with van der Waals surface area (Å²) in [5.41, 5.74) is 2.66. The molecule has 5 nitrogen and oxygen atoms in total. The van der Waals surface area contributed by atoms with Gasteiger partial charge in [0.05, 0.1) is 29.9 Å². The summed E-state index contributed by atoms with van der Waals surface area (Å²) in [5, 5.41) is 7.92. The summed E-state index contributed by atoms with van der Waals surface area (Å²) in [4.78, 5) is 15.9. The Kier molecular flexibility index (Phi) is 3.87. The van der Waals surface area contributed by atoms with Crippen LogP contribution in [-0.4, -0.2) is 36.7 Å². The molecule has 1 aliphatic heterocycles. The van der Waals surface area contributed by atoms with Crippen molar-refractivity contribution in [2.45, 2.75) is 25.1 Å². The zero-order valence-corrected chi connectivity index (χ0v) is 9.92. The first-order valence-electron chi connectivity index (χ1n) is 5.20. The fraction of sp³-hybridized carbons (Fsp3) is 0.600. The van der Waals surface area contributed by atoms with Crippen molar-refractivity contribution < 1.29 is 9.53 Å². The number of nitrogens with zero attached hydrogens (tertiary/aromatic N) is 1. The molecule has 0 spiro atoms. The fourth-order valence-corrected chi connectivity index (χ4v) is 2.27. The molecule has 2 heterocycles. The molecule has 2 N–H and O–H groups in total. The Morgan fingerprint density at radius 2 is 2.69 bits per heavy atom. The van der Waals surface area contributed by atoms with Gasteiger partial charge in [0.15, 0.2) is 0 Å². The average Bonchev–Trinajstić information content (AvgIpc) is 2.96. The van der Waals surface area contributed by atoms with Crippen LogP contribution in [0, 0.1) is 0 Å². The molecule has 1 aliphatic rings. The van der Waals surface area contributed by atoms with Crippen LogP contribution in [0.4, 0.5) is 0 Å². The van der Waals surface area contributed by atoms with Gasteiger partial charge in [-0.3, -0.25) is 4.79 Å². The Hall–Kier alpha value is -0.980. The van der Waals surface area contributed by atoms with Crippen LogP contribution in [0.15, 0.2) is 10.9 Å². The molecule has 0 bridgehead atoms. The SMILES string of the molecule is COC1CNC(C(=O)NCc2cscn2)C1. The first kappa shape index (κ1) is 11.5. The third-order valence-corrected chi connectivity index (χ3v) is 3.30. The minimum Gasteiger partial charge on any atom is -0.380 e. The number of carbonyl (C=O) groups is 1. The van der Waals surface area contributed by atoms with Crippen LogP contribution in [0.2, 0.25) is 0 Å². The highest BCUT2D eigenvalue weighted by Gasteiger charge is 2.28. The Bertz CT molecular complexity index is 342. The maximum atomic E-state index is 11.7. The average molecular weight is 241 g/mol. The van der Waals surface area contributed by atoms with Crippen LogP contribution < -0.4 is 10.6 Å². The molecule has 2 unspecified atom stereocenters. The molecule has 16 heavy (non-hydrogen) atoms. The van der Waals surface area contributed by atoms with E-state index in [1.807, 2.05) is 5.38 Å². The van der Waals surface area contributed by atoms with Crippen molar-refractivity contribution in [2.75, 3.05) is 13.7 Å². The summed E-state index contributed by atoms with van der Waals surface area (Å²) in [6, 6.07) is -0.136. The zero-order valence-electron chi connectivity index (χ0n) is 9.10. The van der Waals surface area contributed by atoms with E-state index in [9.17, 15) is 4.79 Å². The third-order valence-electron chi connectivity index (χ3n) is 2.67. The number of aromatic nitrogens is 1. The number of carbonyl (C=O) groups excluding carboxylic acids is 1. The summed E-state index contributed by atoms with van der Waals surface area (Å²) in [7, 11) is 1.67. The normalized spacial score (nSPS) is 24.6. The van der Waals surface area contributed by atoms with Gasteiger partial charge in [-0.25, -0.2) is 4.98 Å². The molecule has 88 valence electrons. The van der Waals surface area contributed by atoms with Gasteiger partial charge in [0.25, 0.3) is 0 Å². The van der Waals surface area contributed by atoms with E-state index < -0.39 is 0 Å². The van der Waals surface area contributed by atoms with Gasteiger partial charge in [-0.1, -0.05) is 0 Å². The zero-order chi connectivity index (χ0) is 11.4. The van der Waals surface area contributed by atoms with Crippen molar-refractivity contribution in [2.24, 2.45) is 0 Å². The minimum atomic E-state index is -0.136. The van der Waals surface area contributed by atoms with Gasteiger partial charge in [-0.2, -0.15) is 0 Å². The summed E-state index contributed by atoms with van der Waals surface area (Å²) >= 11 is 1.53. The largest absolute Gasteiger partial charge is 0.380 e. The molecule has 0 saturated carbocycles. The fourth-order valence-electron chi connectivity index (χ4n) is 1.71. The second-order valence-electron chi connectivity index (χ2n) is 3.75. The third kappa shape index (κ3) is 2.78. The summed E-state index contributed by atoms with van der Waals surface area (Å²) in [5.74, 6) is 0.0209. The molecule has 1 aromatic rings. The number of amides is 1. The van der Waals surface area contributed by atoms with Crippen LogP contribution in [-0.2, 0) is 16.1 Å². The van der Waals surface area contributed by atoms with E-state index in [0.29, 0.717) is 6.54 Å². The van der Waals surface area contributed by atoms with E-state index >= 15 is 0 Å². The lowest BCUT2D eigenvalue weighted by Gasteiger charge is -2.10. The standard InChI is InChI=1S/C10H15N3O2S/c1-15-8-2-9(11-4-8)10(14)12-3-7-5-16-6-13-7/h5-6,8-9,11H,2-4H2,1H3,(H,12,14). The lowest BCUT2D eigenvalue weighted by Crippen LogP contribution is -2.40. The van der Waals surface area contributed by atoms with Crippen LogP contribution in [0.1, 0.15) is 12.1 Å². The van der Waals surface area contributed by atoms with E-state index in [4.69, 9.17) is 4.74 Å². The van der Waals surface area contributed by atoms with E-state index in [2.05, 4.69) is 15.6 Å². The highest BCUT2D eigenvalue weighted by Crippen LogP contribution is 2.09. The highest BCUT2D eigenvalue weighted by molar-refractivity contribution is 7.07. The van der Waals surface area contributed by atoms with Gasteiger partial charge in [-0.05, 0) is 6.42 Å². The lowest BCUT2D eigenvalue weighted by atomic mass is 10.2. The molecule has 0 aliphatic carbocycles. The van der Waals surface area contributed by atoms with E-state index in [1.165, 1.54) is 11.3 Å². The maximum Gasteiger partial charge on any atom is 0.237 e. The number of methoxy groups -OCH3 is 1. The molecule has 1 saturated heterocycles. The summed E-state index contributed by atoms with van der Waals surface area (Å²) in [6.45, 7) is 1.24. The molecular weight excluding hydrogens is 226 g/mol. The predicted molar refractivity (Wildman–Crippen MR) is 61.2 cm³/mol. The van der Waals surface area contributed by atoms with Crippen LogP contribution >= 0.6 is 11.3 Å². The Morgan fingerprint density at radius 3 is 3.31 bits per heavy atom. The van der Waals surface area contributed by atoms with Crippen molar-refractivity contribution in [1.29, 1.82) is 0 Å². The quantitative estimate of drug-likeness (QED) is 0.787. The highest BCUT2D eigenvalue weighted by atomic mass is 32.1. The van der Waals surface area contributed by atoms with Crippen LogP contribution in [0.5, 0.6) is 0 Å². The molecule has 1 fully saturated rings. The van der Waals surface area contributed by atoms with Crippen molar-refractivity contribution in [3.63, 3.8) is 0 Å². The van der Waals surface area contributed by atoms with Gasteiger partial charge >= 0.3 is 0 Å². The van der Waals surface area contributed by atoms with E-state index in [-0.39, 0.29) is 18.1 Å². The van der Waals surface area contributed by atoms with Gasteiger partial charge in [0.2, 0.25) is 5.91 Å². The first-order valence-corrected chi connectivity index (χ1v) is 6.15. The molecule has 1 amide bonds. The second kappa shape index (κ2) is 5.38. The van der Waals surface area contributed by atoms with Crippen molar-refractivity contribution in [3.05, 3.63) is 16.6 Å². The predicted octanol–water partition coefficient (Wildman–Crippen LogP) is 0.136. The number of hydrogen-bond donors (Lipinski definition) is 2. The molecule has 0 radical (unpaired) electrons. The Morgan fingerprint density at radius 1 is 1.81 bits per heavy atom. The van der Waals surface area contributed by atoms with Crippen molar-refractivity contribution >= 4 is 17.2 Å². The number of thiazole rings is 1. The Labute approximate surface area is 98.2 Å². The number of nitrogens with one attached hydrogen (secondary N) is 2. The Balaban J connectivity index is 1.76. The second-order valence-corrected chi connectivity index (χ2v) is 4.47. The molecule has 1 aromatic heterocycles. The summed E-state index contributed by atoms with van der Waals surface area (Å²) < 4.78 is 5.19. The molecule has 6 heteroatoms. The summed E-state index contributed by atoms with van der Waals surface area (Å²) in [6.07, 6.45) is 0.884. The van der Waals surface area contributed by atoms with Gasteiger partial charge in [0, 0.05) is 19.0 Å². The monoisotopic (exact) mass is 241 g/mol. The number of ether oxygens (including phenoxy) is 1. The maximum absolute atomic E-state index is 11.7. The van der Waals surface area contributed by atoms with Crippen molar-refractivity contribution in [3.8, 4) is 0 Å². The van der Waals surface area contributed by atoms with Crippen LogP contribution in [0.3, 0.4) is 0 Å². The molecule has 0 aromatic carbocycles. The number of rotatable bonds is 4. The first-order chi connectivity index (χ1) is 7.79.